The number of piperidine rings is 1. The van der Waals surface area contributed by atoms with Crippen molar-refractivity contribution in [2.75, 3.05) is 24.3 Å². The third kappa shape index (κ3) is 4.18. The van der Waals surface area contributed by atoms with Gasteiger partial charge in [-0.3, -0.25) is 9.78 Å². The van der Waals surface area contributed by atoms with Gasteiger partial charge in [0.2, 0.25) is 0 Å². The van der Waals surface area contributed by atoms with E-state index in [1.165, 1.54) is 0 Å². The smallest absolute Gasteiger partial charge is 0.138 e. The van der Waals surface area contributed by atoms with Gasteiger partial charge in [0.05, 0.1) is 5.52 Å². The fourth-order valence-electron chi connectivity index (χ4n) is 3.10. The molecule has 128 valence electrons. The molecule has 1 aromatic carbocycles. The molecule has 1 aromatic heterocycles. The van der Waals surface area contributed by atoms with Crippen LogP contribution < -0.4 is 10.6 Å². The highest BCUT2D eigenvalue weighted by molar-refractivity contribution is 6.31. The minimum atomic E-state index is 0.123. The predicted molar refractivity (Wildman–Crippen MR) is 100 cm³/mol. The van der Waals surface area contributed by atoms with Crippen LogP contribution in [-0.4, -0.2) is 35.8 Å². The number of fused-ring (bicyclic) bond motifs is 1. The lowest BCUT2D eigenvalue weighted by Crippen LogP contribution is -2.38. The Bertz CT molecular complexity index is 730. The van der Waals surface area contributed by atoms with Crippen LogP contribution in [-0.2, 0) is 11.2 Å². The SMILES string of the molecule is O=C(CCCl)Cc1cnc2ccc(Cl)cc2c1NC1CCCNC1. The van der Waals surface area contributed by atoms with E-state index in [1.54, 1.807) is 6.20 Å². The third-order valence-electron chi connectivity index (χ3n) is 4.31. The maximum Gasteiger partial charge on any atom is 0.138 e. The first kappa shape index (κ1) is 17.5. The molecule has 6 heteroatoms. The van der Waals surface area contributed by atoms with Gasteiger partial charge in [-0.05, 0) is 37.6 Å². The van der Waals surface area contributed by atoms with Crippen molar-refractivity contribution in [2.45, 2.75) is 31.7 Å². The van der Waals surface area contributed by atoms with Gasteiger partial charge >= 0.3 is 0 Å². The summed E-state index contributed by atoms with van der Waals surface area (Å²) in [6.45, 7) is 1.97. The molecule has 0 aliphatic carbocycles. The molecule has 1 aliphatic rings. The maximum absolute atomic E-state index is 12.1. The van der Waals surface area contributed by atoms with Gasteiger partial charge in [-0.15, -0.1) is 11.6 Å². The average molecular weight is 366 g/mol. The van der Waals surface area contributed by atoms with Crippen molar-refractivity contribution in [1.82, 2.24) is 10.3 Å². The first-order valence-electron chi connectivity index (χ1n) is 8.29. The highest BCUT2D eigenvalue weighted by atomic mass is 35.5. The topological polar surface area (TPSA) is 54.0 Å². The number of alkyl halides is 1. The van der Waals surface area contributed by atoms with Gasteiger partial charge in [-0.25, -0.2) is 0 Å². The molecule has 0 amide bonds. The Morgan fingerprint density at radius 3 is 3.04 bits per heavy atom. The number of benzene rings is 1. The number of nitrogens with zero attached hydrogens (tertiary/aromatic N) is 1. The van der Waals surface area contributed by atoms with Gasteiger partial charge in [0.1, 0.15) is 5.78 Å². The summed E-state index contributed by atoms with van der Waals surface area (Å²) >= 11 is 11.9. The second-order valence-corrected chi connectivity index (χ2v) is 6.98. The lowest BCUT2D eigenvalue weighted by atomic mass is 10.0. The summed E-state index contributed by atoms with van der Waals surface area (Å²) in [7, 11) is 0. The van der Waals surface area contributed by atoms with E-state index in [-0.39, 0.29) is 5.78 Å². The van der Waals surface area contributed by atoms with Crippen molar-refractivity contribution in [3.8, 4) is 0 Å². The number of Topliss-reactive ketones (excluding diaryl/α,β-unsaturated/α-hetero) is 1. The lowest BCUT2D eigenvalue weighted by Gasteiger charge is -2.26. The fourth-order valence-corrected chi connectivity index (χ4v) is 3.48. The molecule has 1 fully saturated rings. The van der Waals surface area contributed by atoms with Gasteiger partial charge in [0.25, 0.3) is 0 Å². The van der Waals surface area contributed by atoms with Crippen LogP contribution in [0.3, 0.4) is 0 Å². The number of anilines is 1. The molecule has 2 aromatic rings. The molecular formula is C18H21Cl2N3O. The number of hydrogen-bond acceptors (Lipinski definition) is 4. The Hall–Kier alpha value is -1.36. The van der Waals surface area contributed by atoms with E-state index >= 15 is 0 Å². The zero-order valence-corrected chi connectivity index (χ0v) is 15.0. The number of hydrogen-bond donors (Lipinski definition) is 2. The number of pyridine rings is 1. The summed E-state index contributed by atoms with van der Waals surface area (Å²) in [6.07, 6.45) is 4.75. The molecule has 1 saturated heterocycles. The molecule has 1 atom stereocenters. The molecule has 2 N–H and O–H groups in total. The molecule has 0 spiro atoms. The van der Waals surface area contributed by atoms with Crippen molar-refractivity contribution < 1.29 is 4.79 Å². The van der Waals surface area contributed by atoms with Crippen molar-refractivity contribution in [2.24, 2.45) is 0 Å². The molecule has 0 radical (unpaired) electrons. The normalized spacial score (nSPS) is 17.8. The monoisotopic (exact) mass is 365 g/mol. The quantitative estimate of drug-likeness (QED) is 0.764. The molecule has 1 unspecified atom stereocenters. The summed E-state index contributed by atoms with van der Waals surface area (Å²) in [5.41, 5.74) is 2.75. The first-order chi connectivity index (χ1) is 11.7. The van der Waals surface area contributed by atoms with Crippen LogP contribution in [0.5, 0.6) is 0 Å². The Morgan fingerprint density at radius 1 is 1.42 bits per heavy atom. The Kier molecular flexibility index (Phi) is 5.93. The van der Waals surface area contributed by atoms with Crippen molar-refractivity contribution in [1.29, 1.82) is 0 Å². The first-order valence-corrected chi connectivity index (χ1v) is 9.20. The summed E-state index contributed by atoms with van der Waals surface area (Å²) in [5, 5.41) is 8.65. The van der Waals surface area contributed by atoms with Gasteiger partial charge in [0.15, 0.2) is 0 Å². The Labute approximate surface area is 151 Å². The minimum Gasteiger partial charge on any atom is -0.380 e. The highest BCUT2D eigenvalue weighted by Crippen LogP contribution is 2.30. The fraction of sp³-hybridized carbons (Fsp3) is 0.444. The van der Waals surface area contributed by atoms with E-state index in [4.69, 9.17) is 23.2 Å². The molecule has 3 rings (SSSR count). The Balaban J connectivity index is 1.98. The minimum absolute atomic E-state index is 0.123. The lowest BCUT2D eigenvalue weighted by molar-refractivity contribution is -0.118. The number of carbonyl (C=O) groups is 1. The standard InChI is InChI=1S/C18H21Cl2N3O/c19-6-5-15(24)8-12-10-22-17-4-3-13(20)9-16(17)18(12)23-14-2-1-7-21-11-14/h3-4,9-10,14,21H,1-2,5-8,11H2,(H,22,23). The summed E-state index contributed by atoms with van der Waals surface area (Å²) in [4.78, 5) is 16.6. The molecule has 0 bridgehead atoms. The van der Waals surface area contributed by atoms with Gasteiger partial charge in [0, 0.05) is 59.2 Å². The van der Waals surface area contributed by atoms with Crippen LogP contribution in [0.4, 0.5) is 5.69 Å². The van der Waals surface area contributed by atoms with Crippen LogP contribution in [0.15, 0.2) is 24.4 Å². The Morgan fingerprint density at radius 2 is 2.29 bits per heavy atom. The van der Waals surface area contributed by atoms with Crippen LogP contribution in [0, 0.1) is 0 Å². The highest BCUT2D eigenvalue weighted by Gasteiger charge is 2.18. The van der Waals surface area contributed by atoms with E-state index in [0.29, 0.717) is 29.8 Å². The second kappa shape index (κ2) is 8.15. The molecule has 0 saturated carbocycles. The maximum atomic E-state index is 12.1. The number of aromatic nitrogens is 1. The van der Waals surface area contributed by atoms with Crippen LogP contribution in [0.25, 0.3) is 10.9 Å². The van der Waals surface area contributed by atoms with E-state index in [2.05, 4.69) is 15.6 Å². The zero-order chi connectivity index (χ0) is 16.9. The predicted octanol–water partition coefficient (Wildman–Crippen LogP) is 3.79. The van der Waals surface area contributed by atoms with Crippen molar-refractivity contribution >= 4 is 45.6 Å². The molecule has 2 heterocycles. The van der Waals surface area contributed by atoms with E-state index in [0.717, 1.165) is 48.1 Å². The second-order valence-electron chi connectivity index (χ2n) is 6.16. The summed E-state index contributed by atoms with van der Waals surface area (Å²) in [6, 6.07) is 6.00. The number of carbonyl (C=O) groups excluding carboxylic acids is 1. The average Bonchev–Trinajstić information content (AvgIpc) is 2.58. The van der Waals surface area contributed by atoms with Gasteiger partial charge in [-0.2, -0.15) is 0 Å². The van der Waals surface area contributed by atoms with Crippen molar-refractivity contribution in [3.63, 3.8) is 0 Å². The zero-order valence-electron chi connectivity index (χ0n) is 13.4. The van der Waals surface area contributed by atoms with E-state index in [1.807, 2.05) is 18.2 Å². The molecule has 24 heavy (non-hydrogen) atoms. The van der Waals surface area contributed by atoms with E-state index in [9.17, 15) is 4.79 Å². The van der Waals surface area contributed by atoms with Gasteiger partial charge < -0.3 is 10.6 Å². The molecule has 1 aliphatic heterocycles. The number of ketones is 1. The number of rotatable bonds is 6. The van der Waals surface area contributed by atoms with E-state index < -0.39 is 0 Å². The van der Waals surface area contributed by atoms with Crippen molar-refractivity contribution in [3.05, 3.63) is 35.0 Å². The van der Waals surface area contributed by atoms with Crippen LogP contribution in [0.2, 0.25) is 5.02 Å². The summed E-state index contributed by atoms with van der Waals surface area (Å²) in [5.74, 6) is 0.471. The third-order valence-corrected chi connectivity index (χ3v) is 4.74. The number of halogens is 2. The number of nitrogens with one attached hydrogen (secondary N) is 2. The van der Waals surface area contributed by atoms with Crippen LogP contribution in [0.1, 0.15) is 24.8 Å². The molecule has 4 nitrogen and oxygen atoms in total. The van der Waals surface area contributed by atoms with Crippen LogP contribution >= 0.6 is 23.2 Å². The molecular weight excluding hydrogens is 345 g/mol. The van der Waals surface area contributed by atoms with Gasteiger partial charge in [-0.1, -0.05) is 11.6 Å². The largest absolute Gasteiger partial charge is 0.380 e. The summed E-state index contributed by atoms with van der Waals surface area (Å²) < 4.78 is 0.